The van der Waals surface area contributed by atoms with Crippen LogP contribution >= 0.6 is 0 Å². The van der Waals surface area contributed by atoms with E-state index in [-0.39, 0.29) is 18.6 Å². The third-order valence-corrected chi connectivity index (χ3v) is 6.41. The van der Waals surface area contributed by atoms with Gasteiger partial charge in [-0.15, -0.1) is 0 Å². The molecule has 0 radical (unpaired) electrons. The molecule has 0 aliphatic heterocycles. The van der Waals surface area contributed by atoms with E-state index in [2.05, 4.69) is 15.6 Å². The summed E-state index contributed by atoms with van der Waals surface area (Å²) in [7, 11) is 0. The van der Waals surface area contributed by atoms with Gasteiger partial charge in [-0.1, -0.05) is 20.8 Å². The van der Waals surface area contributed by atoms with E-state index >= 15 is 0 Å². The van der Waals surface area contributed by atoms with Crippen molar-refractivity contribution in [3.63, 3.8) is 0 Å². The van der Waals surface area contributed by atoms with Crippen LogP contribution in [0.4, 0.5) is 21.1 Å². The third kappa shape index (κ3) is 8.48. The van der Waals surface area contributed by atoms with Crippen LogP contribution in [0.5, 0.6) is 17.2 Å². The number of urea groups is 1. The van der Waals surface area contributed by atoms with Gasteiger partial charge in [0.2, 0.25) is 0 Å². The molecule has 0 spiro atoms. The summed E-state index contributed by atoms with van der Waals surface area (Å²) < 4.78 is 13.2. The second kappa shape index (κ2) is 12.8. The highest BCUT2D eigenvalue weighted by molar-refractivity contribution is 5.99. The Morgan fingerprint density at radius 3 is 2.16 bits per heavy atom. The van der Waals surface area contributed by atoms with Crippen LogP contribution in [0.15, 0.2) is 79.1 Å². The van der Waals surface area contributed by atoms with Crippen LogP contribution in [0.1, 0.15) is 47.2 Å². The molecule has 0 saturated heterocycles. The van der Waals surface area contributed by atoms with Crippen LogP contribution in [0.25, 0.3) is 5.69 Å². The van der Waals surface area contributed by atoms with Crippen molar-refractivity contribution in [2.45, 2.75) is 52.5 Å². The number of pyridine rings is 1. The molecule has 0 bridgehead atoms. The van der Waals surface area contributed by atoms with Crippen molar-refractivity contribution >= 4 is 23.6 Å². The van der Waals surface area contributed by atoms with E-state index in [1.807, 2.05) is 65.8 Å². The molecule has 11 heteroatoms. The molecule has 2 aromatic heterocycles. The predicted molar refractivity (Wildman–Crippen MR) is 166 cm³/mol. The molecule has 226 valence electrons. The predicted octanol–water partition coefficient (Wildman–Crippen LogP) is 7.16. The average molecular weight is 587 g/mol. The number of nitrogens with one attached hydrogen (secondary N) is 2. The minimum absolute atomic E-state index is 0.211. The standard InChI is InChI=1S/C32H38N6O5/c1-31(2,3)27-20-28(35-29(39)34-22-9-13-25(14-10-22)43-26-8-7-17-33-21-26)38(36-27)23-11-15-24(16-12-23)42-19-18-37(30(40)41)32(4,5)6/h7-17,20-21H,18-19H2,1-6H3,(H,40,41)(H2,34,35,39). The summed E-state index contributed by atoms with van der Waals surface area (Å²) in [6.07, 6.45) is 2.31. The molecular formula is C32H38N6O5. The number of nitrogens with zero attached hydrogens (tertiary/aromatic N) is 4. The molecule has 43 heavy (non-hydrogen) atoms. The lowest BCUT2D eigenvalue weighted by atomic mass is 9.92. The summed E-state index contributed by atoms with van der Waals surface area (Å²) in [6, 6.07) is 19.3. The Morgan fingerprint density at radius 1 is 0.907 bits per heavy atom. The molecule has 2 aromatic carbocycles. The first-order chi connectivity index (χ1) is 20.3. The Labute approximate surface area is 251 Å². The molecule has 2 heterocycles. The molecule has 0 atom stereocenters. The summed E-state index contributed by atoms with van der Waals surface area (Å²) in [4.78, 5) is 29.9. The van der Waals surface area contributed by atoms with Crippen LogP contribution in [-0.2, 0) is 5.41 Å². The maximum absolute atomic E-state index is 13.0. The fourth-order valence-electron chi connectivity index (χ4n) is 4.12. The van der Waals surface area contributed by atoms with Crippen molar-refractivity contribution in [2.24, 2.45) is 0 Å². The molecule has 0 unspecified atom stereocenters. The van der Waals surface area contributed by atoms with Crippen LogP contribution in [0, 0.1) is 0 Å². The number of hydrogen-bond donors (Lipinski definition) is 3. The summed E-state index contributed by atoms with van der Waals surface area (Å²) in [5, 5.41) is 20.0. The topological polar surface area (TPSA) is 131 Å². The molecule has 11 nitrogen and oxygen atoms in total. The van der Waals surface area contributed by atoms with Crippen molar-refractivity contribution in [2.75, 3.05) is 23.8 Å². The van der Waals surface area contributed by atoms with Gasteiger partial charge in [0.25, 0.3) is 0 Å². The molecule has 0 saturated carbocycles. The Hall–Kier alpha value is -5.06. The maximum atomic E-state index is 13.0. The number of aromatic nitrogens is 3. The summed E-state index contributed by atoms with van der Waals surface area (Å²) in [5.74, 6) is 2.32. The van der Waals surface area contributed by atoms with E-state index in [9.17, 15) is 14.7 Å². The van der Waals surface area contributed by atoms with E-state index in [0.717, 1.165) is 11.4 Å². The van der Waals surface area contributed by atoms with E-state index in [1.165, 1.54) is 4.90 Å². The highest BCUT2D eigenvalue weighted by Gasteiger charge is 2.26. The Morgan fingerprint density at radius 2 is 1.58 bits per heavy atom. The van der Waals surface area contributed by atoms with Crippen molar-refractivity contribution in [1.82, 2.24) is 19.7 Å². The number of hydrogen-bond acceptors (Lipinski definition) is 6. The van der Waals surface area contributed by atoms with Gasteiger partial charge in [0.15, 0.2) is 0 Å². The van der Waals surface area contributed by atoms with Gasteiger partial charge in [-0.2, -0.15) is 5.10 Å². The van der Waals surface area contributed by atoms with Crippen molar-refractivity contribution in [1.29, 1.82) is 0 Å². The number of rotatable bonds is 9. The second-order valence-corrected chi connectivity index (χ2v) is 11.9. The fourth-order valence-corrected chi connectivity index (χ4v) is 4.12. The van der Waals surface area contributed by atoms with Crippen LogP contribution in [0.2, 0.25) is 0 Å². The Bertz CT molecular complexity index is 1520. The lowest BCUT2D eigenvalue weighted by molar-refractivity contribution is 0.0892. The van der Waals surface area contributed by atoms with Crippen molar-refractivity contribution in [3.05, 3.63) is 84.8 Å². The minimum atomic E-state index is -0.990. The van der Waals surface area contributed by atoms with Crippen molar-refractivity contribution < 1.29 is 24.2 Å². The fraction of sp³-hybridized carbons (Fsp3) is 0.312. The smallest absolute Gasteiger partial charge is 0.407 e. The van der Waals surface area contributed by atoms with Gasteiger partial charge in [-0.3, -0.25) is 10.3 Å². The first-order valence-corrected chi connectivity index (χ1v) is 13.9. The Kier molecular flexibility index (Phi) is 9.23. The zero-order valence-electron chi connectivity index (χ0n) is 25.3. The molecule has 0 aliphatic carbocycles. The van der Waals surface area contributed by atoms with E-state index < -0.39 is 17.7 Å². The minimum Gasteiger partial charge on any atom is -0.492 e. The largest absolute Gasteiger partial charge is 0.492 e. The van der Waals surface area contributed by atoms with E-state index in [1.54, 1.807) is 59.5 Å². The molecular weight excluding hydrogens is 548 g/mol. The van der Waals surface area contributed by atoms with Gasteiger partial charge in [0.1, 0.15) is 29.7 Å². The van der Waals surface area contributed by atoms with Gasteiger partial charge in [0, 0.05) is 28.9 Å². The van der Waals surface area contributed by atoms with E-state index in [0.29, 0.717) is 28.8 Å². The average Bonchev–Trinajstić information content (AvgIpc) is 3.36. The molecule has 3 N–H and O–H groups in total. The van der Waals surface area contributed by atoms with Gasteiger partial charge in [-0.05, 0) is 81.4 Å². The molecule has 0 aliphatic rings. The number of anilines is 2. The second-order valence-electron chi connectivity index (χ2n) is 11.9. The third-order valence-electron chi connectivity index (χ3n) is 6.41. The lowest BCUT2D eigenvalue weighted by Crippen LogP contribution is -2.46. The van der Waals surface area contributed by atoms with E-state index in [4.69, 9.17) is 14.6 Å². The highest BCUT2D eigenvalue weighted by atomic mass is 16.5. The molecule has 4 rings (SSSR count). The number of carboxylic acid groups (broad SMARTS) is 1. The summed E-state index contributed by atoms with van der Waals surface area (Å²) in [6.45, 7) is 12.1. The molecule has 4 aromatic rings. The van der Waals surface area contributed by atoms with Gasteiger partial charge >= 0.3 is 12.1 Å². The van der Waals surface area contributed by atoms with Gasteiger partial charge in [-0.25, -0.2) is 14.3 Å². The zero-order valence-corrected chi connectivity index (χ0v) is 25.3. The van der Waals surface area contributed by atoms with Crippen LogP contribution in [-0.4, -0.2) is 55.6 Å². The van der Waals surface area contributed by atoms with Crippen molar-refractivity contribution in [3.8, 4) is 22.9 Å². The number of benzene rings is 2. The lowest BCUT2D eigenvalue weighted by Gasteiger charge is -2.32. The highest BCUT2D eigenvalue weighted by Crippen LogP contribution is 2.28. The number of carbonyl (C=O) groups excluding carboxylic acids is 1. The number of ether oxygens (including phenoxy) is 2. The quantitative estimate of drug-likeness (QED) is 0.190. The van der Waals surface area contributed by atoms with Crippen LogP contribution in [0.3, 0.4) is 0 Å². The first kappa shape index (κ1) is 30.9. The normalized spacial score (nSPS) is 11.5. The van der Waals surface area contributed by atoms with Gasteiger partial charge in [0.05, 0.1) is 24.1 Å². The monoisotopic (exact) mass is 586 g/mol. The first-order valence-electron chi connectivity index (χ1n) is 13.9. The SMILES string of the molecule is CC(C)(C)c1cc(NC(=O)Nc2ccc(Oc3cccnc3)cc2)n(-c2ccc(OCCN(C(=O)O)C(C)(C)C)cc2)n1. The maximum Gasteiger partial charge on any atom is 0.407 e. The summed E-state index contributed by atoms with van der Waals surface area (Å²) in [5.41, 5.74) is 1.33. The molecule has 0 fully saturated rings. The molecule has 3 amide bonds. The number of carbonyl (C=O) groups is 2. The summed E-state index contributed by atoms with van der Waals surface area (Å²) >= 11 is 0. The van der Waals surface area contributed by atoms with Crippen LogP contribution < -0.4 is 20.1 Å². The zero-order chi connectivity index (χ0) is 31.2. The Balaban J connectivity index is 1.43. The number of amides is 3. The van der Waals surface area contributed by atoms with Gasteiger partial charge < -0.3 is 24.8 Å².